The van der Waals surface area contributed by atoms with E-state index in [-0.39, 0.29) is 31.1 Å². The minimum absolute atomic E-state index is 0.0796. The minimum Gasteiger partial charge on any atom is -0.462 e. The second-order valence-corrected chi connectivity index (χ2v) is 20.9. The number of allylic oxidation sites excluding steroid dienone is 14. The van der Waals surface area contributed by atoms with Crippen LogP contribution in [-0.2, 0) is 28.6 Å². The summed E-state index contributed by atoms with van der Waals surface area (Å²) in [6.45, 7) is 6.53. The van der Waals surface area contributed by atoms with E-state index < -0.39 is 6.10 Å². The third-order valence-corrected chi connectivity index (χ3v) is 13.6. The molecule has 0 saturated heterocycles. The normalized spacial score (nSPS) is 12.6. The van der Waals surface area contributed by atoms with E-state index in [0.29, 0.717) is 19.3 Å². The molecule has 0 aliphatic rings. The summed E-state index contributed by atoms with van der Waals surface area (Å²) in [7, 11) is 0. The molecule has 0 radical (unpaired) electrons. The predicted molar refractivity (Wildman–Crippen MR) is 321 cm³/mol. The summed E-state index contributed by atoms with van der Waals surface area (Å²) in [4.78, 5) is 38.2. The number of rotatable bonds is 57. The maximum absolute atomic E-state index is 12.9. The molecule has 0 aromatic heterocycles. The van der Waals surface area contributed by atoms with Gasteiger partial charge >= 0.3 is 17.9 Å². The van der Waals surface area contributed by atoms with Gasteiger partial charge in [-0.25, -0.2) is 0 Å². The van der Waals surface area contributed by atoms with Gasteiger partial charge in [0.05, 0.1) is 0 Å². The average Bonchev–Trinajstić information content (AvgIpc) is 3.40. The Labute approximate surface area is 458 Å². The van der Waals surface area contributed by atoms with E-state index in [1.54, 1.807) is 0 Å². The molecule has 6 nitrogen and oxygen atoms in total. The Morgan fingerprint density at radius 1 is 0.284 bits per heavy atom. The maximum Gasteiger partial charge on any atom is 0.306 e. The molecule has 1 unspecified atom stereocenters. The SMILES string of the molecule is CC/C=C\C/C=C\C/C=C\C/C=C\C/C=C\C/C=C\CCCCCCCCC(=O)OCC(COC(=O)CCCCCCCCCCCC)OC(=O)CCCCCCCCCCC/C=C\CCCCCCCCCC. The fraction of sp³-hybridized carbons (Fsp3) is 0.750. The van der Waals surface area contributed by atoms with Gasteiger partial charge in [0, 0.05) is 19.3 Å². The summed E-state index contributed by atoms with van der Waals surface area (Å²) in [6.07, 6.45) is 81.6. The van der Waals surface area contributed by atoms with Gasteiger partial charge in [0.25, 0.3) is 0 Å². The summed E-state index contributed by atoms with van der Waals surface area (Å²) < 4.78 is 16.9. The third kappa shape index (κ3) is 59.5. The minimum atomic E-state index is -0.783. The molecule has 0 saturated carbocycles. The molecule has 0 aromatic carbocycles. The van der Waals surface area contributed by atoms with Crippen LogP contribution in [0.15, 0.2) is 85.1 Å². The zero-order valence-corrected chi connectivity index (χ0v) is 48.8. The smallest absolute Gasteiger partial charge is 0.306 e. The van der Waals surface area contributed by atoms with Crippen molar-refractivity contribution in [1.29, 1.82) is 0 Å². The quantitative estimate of drug-likeness (QED) is 0.0261. The number of esters is 3. The Hall–Kier alpha value is -3.41. The van der Waals surface area contributed by atoms with Crippen molar-refractivity contribution in [2.75, 3.05) is 13.2 Å². The molecule has 0 aliphatic carbocycles. The molecule has 6 heteroatoms. The summed E-state index contributed by atoms with van der Waals surface area (Å²) in [6, 6.07) is 0. The molecule has 0 N–H and O–H groups in total. The molecule has 0 heterocycles. The highest BCUT2D eigenvalue weighted by Gasteiger charge is 2.19. The van der Waals surface area contributed by atoms with Crippen molar-refractivity contribution in [3.05, 3.63) is 85.1 Å². The Kier molecular flexibility index (Phi) is 59.3. The lowest BCUT2D eigenvalue weighted by atomic mass is 10.1. The second kappa shape index (κ2) is 62.1. The van der Waals surface area contributed by atoms with Gasteiger partial charge < -0.3 is 14.2 Å². The van der Waals surface area contributed by atoms with Crippen molar-refractivity contribution in [3.63, 3.8) is 0 Å². The highest BCUT2D eigenvalue weighted by Crippen LogP contribution is 2.16. The topological polar surface area (TPSA) is 78.9 Å². The van der Waals surface area contributed by atoms with Gasteiger partial charge in [-0.2, -0.15) is 0 Å². The van der Waals surface area contributed by atoms with E-state index in [0.717, 1.165) is 109 Å². The molecule has 0 rings (SSSR count). The number of carbonyl (C=O) groups is 3. The van der Waals surface area contributed by atoms with Crippen molar-refractivity contribution >= 4 is 17.9 Å². The van der Waals surface area contributed by atoms with Crippen LogP contribution in [0.2, 0.25) is 0 Å². The van der Waals surface area contributed by atoms with Crippen LogP contribution in [0.1, 0.15) is 310 Å². The molecule has 0 spiro atoms. The van der Waals surface area contributed by atoms with Gasteiger partial charge in [0.15, 0.2) is 6.10 Å². The lowest BCUT2D eigenvalue weighted by molar-refractivity contribution is -0.167. The first-order chi connectivity index (χ1) is 36.5. The van der Waals surface area contributed by atoms with E-state index in [2.05, 4.69) is 106 Å². The fourth-order valence-electron chi connectivity index (χ4n) is 8.91. The Morgan fingerprint density at radius 2 is 0.527 bits per heavy atom. The fourth-order valence-corrected chi connectivity index (χ4v) is 8.91. The lowest BCUT2D eigenvalue weighted by Crippen LogP contribution is -2.30. The van der Waals surface area contributed by atoms with Crippen molar-refractivity contribution in [2.24, 2.45) is 0 Å². The van der Waals surface area contributed by atoms with Crippen molar-refractivity contribution in [2.45, 2.75) is 316 Å². The second-order valence-electron chi connectivity index (χ2n) is 20.9. The van der Waals surface area contributed by atoms with Gasteiger partial charge in [0.2, 0.25) is 0 Å². The number of hydrogen-bond acceptors (Lipinski definition) is 6. The molecule has 0 aromatic rings. The van der Waals surface area contributed by atoms with Gasteiger partial charge in [-0.15, -0.1) is 0 Å². The standard InChI is InChI=1S/C68H118O6/c1-4-7-10-13-16-19-22-24-26-28-30-32-33-34-35-37-38-40-42-44-46-49-52-55-58-61-67(70)73-64-65(63-72-66(69)60-57-54-51-48-21-18-15-12-9-6-3)74-68(71)62-59-56-53-50-47-45-43-41-39-36-31-29-27-25-23-20-17-14-11-8-5-2/h7,10,16,19,24,26,29-32,34-35,38,40,65H,4-6,8-9,11-15,17-18,20-23,25,27-28,33,36-37,39,41-64H2,1-3H3/b10-7-,19-16-,26-24-,31-29-,32-30-,35-34-,40-38-. The summed E-state index contributed by atoms with van der Waals surface area (Å²) in [5, 5.41) is 0. The van der Waals surface area contributed by atoms with Crippen LogP contribution >= 0.6 is 0 Å². The van der Waals surface area contributed by atoms with Crippen LogP contribution in [0.4, 0.5) is 0 Å². The summed E-state index contributed by atoms with van der Waals surface area (Å²) in [5.74, 6) is -0.887. The van der Waals surface area contributed by atoms with Crippen LogP contribution < -0.4 is 0 Å². The molecule has 0 amide bonds. The largest absolute Gasteiger partial charge is 0.462 e. The Morgan fingerprint density at radius 3 is 0.838 bits per heavy atom. The van der Waals surface area contributed by atoms with E-state index in [1.807, 2.05) is 0 Å². The first-order valence-corrected chi connectivity index (χ1v) is 31.6. The van der Waals surface area contributed by atoms with Crippen molar-refractivity contribution < 1.29 is 28.6 Å². The average molecular weight is 1030 g/mol. The van der Waals surface area contributed by atoms with Crippen LogP contribution in [0.25, 0.3) is 0 Å². The van der Waals surface area contributed by atoms with Gasteiger partial charge in [-0.05, 0) is 96.3 Å². The Balaban J connectivity index is 4.30. The van der Waals surface area contributed by atoms with Crippen molar-refractivity contribution in [1.82, 2.24) is 0 Å². The molecule has 0 aliphatic heterocycles. The van der Waals surface area contributed by atoms with Crippen LogP contribution in [0.3, 0.4) is 0 Å². The molecule has 1 atom stereocenters. The van der Waals surface area contributed by atoms with Crippen LogP contribution in [-0.4, -0.2) is 37.2 Å². The number of ether oxygens (including phenoxy) is 3. The molecule has 0 bridgehead atoms. The van der Waals surface area contributed by atoms with Gasteiger partial charge in [-0.3, -0.25) is 14.4 Å². The van der Waals surface area contributed by atoms with E-state index in [9.17, 15) is 14.4 Å². The Bertz CT molecular complexity index is 1420. The highest BCUT2D eigenvalue weighted by atomic mass is 16.6. The third-order valence-electron chi connectivity index (χ3n) is 13.6. The predicted octanol–water partition coefficient (Wildman–Crippen LogP) is 21.5. The molecule has 426 valence electrons. The van der Waals surface area contributed by atoms with E-state index in [4.69, 9.17) is 14.2 Å². The van der Waals surface area contributed by atoms with Gasteiger partial charge in [0.1, 0.15) is 13.2 Å². The molecule has 0 fully saturated rings. The maximum atomic E-state index is 12.9. The summed E-state index contributed by atoms with van der Waals surface area (Å²) in [5.41, 5.74) is 0. The molecule has 74 heavy (non-hydrogen) atoms. The first-order valence-electron chi connectivity index (χ1n) is 31.6. The molecular weight excluding hydrogens is 913 g/mol. The first kappa shape index (κ1) is 70.6. The zero-order chi connectivity index (χ0) is 53.6. The molecular formula is C68H118O6. The van der Waals surface area contributed by atoms with Gasteiger partial charge in [-0.1, -0.05) is 279 Å². The number of carbonyl (C=O) groups excluding carboxylic acids is 3. The monoisotopic (exact) mass is 1030 g/mol. The zero-order valence-electron chi connectivity index (χ0n) is 48.8. The van der Waals surface area contributed by atoms with Crippen molar-refractivity contribution in [3.8, 4) is 0 Å². The van der Waals surface area contributed by atoms with E-state index >= 15 is 0 Å². The number of hydrogen-bond donors (Lipinski definition) is 0. The van der Waals surface area contributed by atoms with Crippen LogP contribution in [0, 0.1) is 0 Å². The summed E-state index contributed by atoms with van der Waals surface area (Å²) >= 11 is 0. The lowest BCUT2D eigenvalue weighted by Gasteiger charge is -2.18. The van der Waals surface area contributed by atoms with E-state index in [1.165, 1.54) is 161 Å². The highest BCUT2D eigenvalue weighted by molar-refractivity contribution is 5.71. The number of unbranched alkanes of at least 4 members (excludes halogenated alkanes) is 32. The van der Waals surface area contributed by atoms with Crippen LogP contribution in [0.5, 0.6) is 0 Å².